The number of nitrogens with one attached hydrogen (secondary N) is 2. The monoisotopic (exact) mass is 472 g/mol. The number of benzene rings is 1. The van der Waals surface area contributed by atoms with Gasteiger partial charge in [-0.15, -0.1) is 24.0 Å². The molecule has 0 bridgehead atoms. The summed E-state index contributed by atoms with van der Waals surface area (Å²) in [5, 5.41) is 16.7. The number of aliphatic imine (C=N–C) groups is 1. The molecule has 0 fully saturated rings. The first-order valence-corrected chi connectivity index (χ1v) is 8.09. The molecule has 5 N–H and O–H groups in total. The van der Waals surface area contributed by atoms with Crippen molar-refractivity contribution in [3.63, 3.8) is 0 Å². The Morgan fingerprint density at radius 1 is 1.31 bits per heavy atom. The van der Waals surface area contributed by atoms with Crippen molar-refractivity contribution < 1.29 is 14.3 Å². The Kier molecular flexibility index (Phi) is 8.59. The van der Waals surface area contributed by atoms with E-state index in [1.54, 1.807) is 37.3 Å². The predicted molar refractivity (Wildman–Crippen MR) is 111 cm³/mol. The van der Waals surface area contributed by atoms with Crippen molar-refractivity contribution in [2.75, 3.05) is 13.1 Å². The van der Waals surface area contributed by atoms with Crippen LogP contribution in [0, 0.1) is 0 Å². The van der Waals surface area contributed by atoms with Crippen LogP contribution in [0.1, 0.15) is 35.5 Å². The van der Waals surface area contributed by atoms with Crippen LogP contribution in [0.3, 0.4) is 0 Å². The fourth-order valence-electron chi connectivity index (χ4n) is 2.26. The smallest absolute Gasteiger partial charge is 0.248 e. The highest BCUT2D eigenvalue weighted by atomic mass is 127. The molecule has 1 atom stereocenters. The minimum atomic E-state index is -1.16. The predicted octanol–water partition coefficient (Wildman–Crippen LogP) is 1.96. The van der Waals surface area contributed by atoms with Crippen molar-refractivity contribution >= 4 is 35.8 Å². The normalized spacial score (nSPS) is 13.4. The average Bonchev–Trinajstić information content (AvgIpc) is 3.13. The van der Waals surface area contributed by atoms with Gasteiger partial charge in [0.15, 0.2) is 5.96 Å². The SMILES string of the molecule is CCNC(=NCc1cccc(C(N)=O)c1)NCC(C)(O)c1ccco1.I. The molecular formula is C18H25IN4O3. The third kappa shape index (κ3) is 6.34. The van der Waals surface area contributed by atoms with Crippen molar-refractivity contribution in [3.8, 4) is 0 Å². The summed E-state index contributed by atoms with van der Waals surface area (Å²) in [6.45, 7) is 4.90. The Bertz CT molecular complexity index is 730. The number of rotatable bonds is 7. The number of primary amides is 1. The van der Waals surface area contributed by atoms with Crippen molar-refractivity contribution in [2.45, 2.75) is 26.0 Å². The number of carbonyl (C=O) groups is 1. The second kappa shape index (κ2) is 10.2. The largest absolute Gasteiger partial charge is 0.466 e. The van der Waals surface area contributed by atoms with Gasteiger partial charge in [0, 0.05) is 12.1 Å². The zero-order valence-electron chi connectivity index (χ0n) is 14.9. The number of amides is 1. The lowest BCUT2D eigenvalue weighted by molar-refractivity contribution is 0.0386. The molecule has 0 spiro atoms. The molecule has 0 aliphatic rings. The van der Waals surface area contributed by atoms with Crippen LogP contribution in [0.5, 0.6) is 0 Å². The number of furan rings is 1. The molecule has 1 unspecified atom stereocenters. The van der Waals surface area contributed by atoms with Crippen molar-refractivity contribution in [3.05, 3.63) is 59.5 Å². The Hall–Kier alpha value is -2.07. The molecule has 1 amide bonds. The maximum atomic E-state index is 11.2. The van der Waals surface area contributed by atoms with Crippen LogP contribution in [0.2, 0.25) is 0 Å². The molecule has 0 saturated carbocycles. The van der Waals surface area contributed by atoms with E-state index < -0.39 is 11.5 Å². The van der Waals surface area contributed by atoms with Crippen LogP contribution in [-0.4, -0.2) is 30.1 Å². The highest BCUT2D eigenvalue weighted by Gasteiger charge is 2.26. The van der Waals surface area contributed by atoms with E-state index in [0.29, 0.717) is 30.4 Å². The second-order valence-electron chi connectivity index (χ2n) is 5.86. The summed E-state index contributed by atoms with van der Waals surface area (Å²) in [5.74, 6) is 0.564. The van der Waals surface area contributed by atoms with Crippen molar-refractivity contribution in [2.24, 2.45) is 10.7 Å². The van der Waals surface area contributed by atoms with E-state index in [-0.39, 0.29) is 30.5 Å². The molecule has 0 radical (unpaired) electrons. The molecular weight excluding hydrogens is 447 g/mol. The first-order valence-electron chi connectivity index (χ1n) is 8.09. The number of nitrogens with two attached hydrogens (primary N) is 1. The van der Waals surface area contributed by atoms with Gasteiger partial charge >= 0.3 is 0 Å². The summed E-state index contributed by atoms with van der Waals surface area (Å²) in [6, 6.07) is 10.5. The van der Waals surface area contributed by atoms with Crippen LogP contribution >= 0.6 is 24.0 Å². The number of hydrogen-bond acceptors (Lipinski definition) is 4. The molecule has 26 heavy (non-hydrogen) atoms. The minimum absolute atomic E-state index is 0. The van der Waals surface area contributed by atoms with Gasteiger partial charge in [-0.25, -0.2) is 4.99 Å². The lowest BCUT2D eigenvalue weighted by Gasteiger charge is -2.22. The van der Waals surface area contributed by atoms with E-state index >= 15 is 0 Å². The fraction of sp³-hybridized carbons (Fsp3) is 0.333. The van der Waals surface area contributed by atoms with Gasteiger partial charge in [0.05, 0.1) is 19.4 Å². The Morgan fingerprint density at radius 3 is 2.69 bits per heavy atom. The lowest BCUT2D eigenvalue weighted by atomic mass is 10.0. The van der Waals surface area contributed by atoms with Crippen LogP contribution < -0.4 is 16.4 Å². The van der Waals surface area contributed by atoms with E-state index in [0.717, 1.165) is 5.56 Å². The van der Waals surface area contributed by atoms with E-state index in [9.17, 15) is 9.90 Å². The van der Waals surface area contributed by atoms with Crippen LogP contribution in [-0.2, 0) is 12.1 Å². The summed E-state index contributed by atoms with van der Waals surface area (Å²) in [7, 11) is 0. The molecule has 2 rings (SSSR count). The average molecular weight is 472 g/mol. The van der Waals surface area contributed by atoms with Gasteiger partial charge in [-0.2, -0.15) is 0 Å². The first-order chi connectivity index (χ1) is 11.9. The van der Waals surface area contributed by atoms with Gasteiger partial charge in [-0.3, -0.25) is 4.79 Å². The first kappa shape index (κ1) is 22.0. The molecule has 1 heterocycles. The van der Waals surface area contributed by atoms with Gasteiger partial charge in [0.25, 0.3) is 0 Å². The summed E-state index contributed by atoms with van der Waals surface area (Å²) < 4.78 is 5.26. The molecule has 0 aliphatic carbocycles. The van der Waals surface area contributed by atoms with E-state index in [2.05, 4.69) is 15.6 Å². The van der Waals surface area contributed by atoms with Crippen molar-refractivity contribution in [1.82, 2.24) is 10.6 Å². The molecule has 8 heteroatoms. The molecule has 1 aromatic heterocycles. The number of halogens is 1. The second-order valence-corrected chi connectivity index (χ2v) is 5.86. The highest BCUT2D eigenvalue weighted by molar-refractivity contribution is 14.0. The fourth-order valence-corrected chi connectivity index (χ4v) is 2.26. The summed E-state index contributed by atoms with van der Waals surface area (Å²) >= 11 is 0. The maximum absolute atomic E-state index is 11.2. The van der Waals surface area contributed by atoms with Gasteiger partial charge in [0.2, 0.25) is 5.91 Å². The van der Waals surface area contributed by atoms with Crippen molar-refractivity contribution in [1.29, 1.82) is 0 Å². The Morgan fingerprint density at radius 2 is 2.08 bits per heavy atom. The number of aliphatic hydroxyl groups is 1. The van der Waals surface area contributed by atoms with E-state index in [1.807, 2.05) is 13.0 Å². The standard InChI is InChI=1S/C18H24N4O3.HI/c1-3-20-17(22-12-18(2,24)15-8-5-9-25-15)21-11-13-6-4-7-14(10-13)16(19)23;/h4-10,24H,3,11-12H2,1-2H3,(H2,19,23)(H2,20,21,22);1H. The zero-order chi connectivity index (χ0) is 18.3. The summed E-state index contributed by atoms with van der Waals surface area (Å²) in [5.41, 5.74) is 5.45. The molecule has 1 aromatic carbocycles. The summed E-state index contributed by atoms with van der Waals surface area (Å²) in [4.78, 5) is 15.7. The number of guanidine groups is 1. The third-order valence-corrected chi connectivity index (χ3v) is 3.63. The Balaban J connectivity index is 0.00000338. The highest BCUT2D eigenvalue weighted by Crippen LogP contribution is 2.19. The number of hydrogen-bond donors (Lipinski definition) is 4. The topological polar surface area (TPSA) is 113 Å². The molecule has 7 nitrogen and oxygen atoms in total. The quantitative estimate of drug-likeness (QED) is 0.280. The number of carbonyl (C=O) groups excluding carboxylic acids is 1. The molecule has 2 aromatic rings. The van der Waals surface area contributed by atoms with Gasteiger partial charge in [-0.05, 0) is 43.7 Å². The number of nitrogens with zero attached hydrogens (tertiary/aromatic N) is 1. The van der Waals surface area contributed by atoms with Gasteiger partial charge < -0.3 is 25.9 Å². The minimum Gasteiger partial charge on any atom is -0.466 e. The van der Waals surface area contributed by atoms with Gasteiger partial charge in [-0.1, -0.05) is 12.1 Å². The van der Waals surface area contributed by atoms with Gasteiger partial charge in [0.1, 0.15) is 11.4 Å². The zero-order valence-corrected chi connectivity index (χ0v) is 17.2. The maximum Gasteiger partial charge on any atom is 0.248 e. The van der Waals surface area contributed by atoms with E-state index in [4.69, 9.17) is 10.2 Å². The lowest BCUT2D eigenvalue weighted by Crippen LogP contribution is -2.44. The van der Waals surface area contributed by atoms with Crippen LogP contribution in [0.25, 0.3) is 0 Å². The van der Waals surface area contributed by atoms with Crippen LogP contribution in [0.4, 0.5) is 0 Å². The summed E-state index contributed by atoms with van der Waals surface area (Å²) in [6.07, 6.45) is 1.52. The van der Waals surface area contributed by atoms with E-state index in [1.165, 1.54) is 6.26 Å². The molecule has 0 saturated heterocycles. The molecule has 142 valence electrons. The Labute approximate surface area is 170 Å². The third-order valence-electron chi connectivity index (χ3n) is 3.63. The molecule has 0 aliphatic heterocycles. The van der Waals surface area contributed by atoms with Crippen LogP contribution in [0.15, 0.2) is 52.1 Å².